The maximum atomic E-state index is 11.8. The third kappa shape index (κ3) is 6.12. The third-order valence-electron chi connectivity index (χ3n) is 4.88. The van der Waals surface area contributed by atoms with Gasteiger partial charge in [-0.1, -0.05) is 0 Å². The quantitative estimate of drug-likeness (QED) is 0.557. The summed E-state index contributed by atoms with van der Waals surface area (Å²) in [5, 5.41) is 8.40. The number of fused-ring (bicyclic) bond motifs is 1. The fraction of sp³-hybridized carbons (Fsp3) is 0.458. The minimum atomic E-state index is -0.535. The van der Waals surface area contributed by atoms with Crippen LogP contribution in [-0.4, -0.2) is 45.7 Å². The van der Waals surface area contributed by atoms with Crippen LogP contribution in [0.25, 0.3) is 16.7 Å². The molecule has 170 valence electrons. The van der Waals surface area contributed by atoms with E-state index in [4.69, 9.17) is 14.2 Å². The van der Waals surface area contributed by atoms with E-state index in [1.54, 1.807) is 10.9 Å². The van der Waals surface area contributed by atoms with Gasteiger partial charge in [0.25, 0.3) is 0 Å². The summed E-state index contributed by atoms with van der Waals surface area (Å²) in [5.74, 6) is 2.86. The number of carbonyl (C=O) groups is 1. The molecule has 0 spiro atoms. The molecule has 4 rings (SSSR count). The van der Waals surface area contributed by atoms with Gasteiger partial charge in [-0.15, -0.1) is 0 Å². The molecule has 1 N–H and O–H groups in total. The molecule has 1 aliphatic carbocycles. The molecule has 8 nitrogen and oxygen atoms in total. The highest BCUT2D eigenvalue weighted by molar-refractivity contribution is 5.80. The maximum Gasteiger partial charge on any atom is 0.407 e. The van der Waals surface area contributed by atoms with E-state index in [2.05, 4.69) is 15.4 Å². The molecular formula is C24H30N4O4. The molecule has 1 amide bonds. The van der Waals surface area contributed by atoms with E-state index in [0.717, 1.165) is 23.3 Å². The number of pyridine rings is 1. The number of benzene rings is 1. The summed E-state index contributed by atoms with van der Waals surface area (Å²) in [5.41, 5.74) is 0.329. The Balaban J connectivity index is 1.32. The van der Waals surface area contributed by atoms with Crippen molar-refractivity contribution < 1.29 is 19.0 Å². The highest BCUT2D eigenvalue weighted by atomic mass is 16.6. The van der Waals surface area contributed by atoms with Crippen molar-refractivity contribution in [2.24, 2.45) is 5.92 Å². The van der Waals surface area contributed by atoms with Crippen LogP contribution in [0.1, 0.15) is 40.5 Å². The molecule has 8 heteroatoms. The molecule has 1 atom stereocenters. The molecule has 1 aliphatic rings. The van der Waals surface area contributed by atoms with Crippen molar-refractivity contribution >= 4 is 17.0 Å². The van der Waals surface area contributed by atoms with Crippen molar-refractivity contribution in [3.05, 3.63) is 42.7 Å². The molecule has 1 saturated carbocycles. The Bertz CT molecular complexity index is 1070. The predicted octanol–water partition coefficient (Wildman–Crippen LogP) is 4.50. The van der Waals surface area contributed by atoms with Crippen LogP contribution < -0.4 is 14.8 Å². The normalized spacial score (nSPS) is 14.8. The van der Waals surface area contributed by atoms with Gasteiger partial charge in [0, 0.05) is 17.6 Å². The number of hydrogen-bond acceptors (Lipinski definition) is 6. The zero-order valence-electron chi connectivity index (χ0n) is 19.0. The van der Waals surface area contributed by atoms with Crippen LogP contribution in [0.4, 0.5) is 4.79 Å². The summed E-state index contributed by atoms with van der Waals surface area (Å²) in [6.45, 7) is 8.41. The largest absolute Gasteiger partial charge is 0.493 e. The number of alkyl carbamates (subject to hydrolysis) is 1. The highest BCUT2D eigenvalue weighted by Crippen LogP contribution is 2.30. The maximum absolute atomic E-state index is 11.8. The van der Waals surface area contributed by atoms with Crippen molar-refractivity contribution in [3.8, 4) is 17.3 Å². The molecule has 3 aromatic rings. The van der Waals surface area contributed by atoms with E-state index >= 15 is 0 Å². The lowest BCUT2D eigenvalue weighted by atomic mass is 10.2. The molecule has 0 aliphatic heterocycles. The smallest absolute Gasteiger partial charge is 0.407 e. The second kappa shape index (κ2) is 9.06. The van der Waals surface area contributed by atoms with Crippen LogP contribution >= 0.6 is 0 Å². The summed E-state index contributed by atoms with van der Waals surface area (Å²) in [7, 11) is 0. The molecule has 32 heavy (non-hydrogen) atoms. The Labute approximate surface area is 187 Å². The van der Waals surface area contributed by atoms with Crippen molar-refractivity contribution in [3.63, 3.8) is 0 Å². The second-order valence-electron chi connectivity index (χ2n) is 9.26. The van der Waals surface area contributed by atoms with Crippen molar-refractivity contribution in [1.29, 1.82) is 0 Å². The third-order valence-corrected chi connectivity index (χ3v) is 4.88. The number of carbonyl (C=O) groups excluding carboxylic acids is 1. The van der Waals surface area contributed by atoms with E-state index in [-0.39, 0.29) is 6.04 Å². The minimum absolute atomic E-state index is 0.211. The first-order valence-corrected chi connectivity index (χ1v) is 11.0. The van der Waals surface area contributed by atoms with Gasteiger partial charge >= 0.3 is 6.09 Å². The van der Waals surface area contributed by atoms with Crippen LogP contribution in [0, 0.1) is 5.92 Å². The van der Waals surface area contributed by atoms with Gasteiger partial charge in [0.15, 0.2) is 5.82 Å². The first-order valence-electron chi connectivity index (χ1n) is 11.0. The molecule has 0 radical (unpaired) electrons. The number of amides is 1. The fourth-order valence-corrected chi connectivity index (χ4v) is 3.07. The number of hydrogen-bond donors (Lipinski definition) is 1. The standard InChI is InChI=1S/C24H30N4O4/c1-16(26-23(29)32-24(2,3)4)14-30-20-9-10-22(25-12-20)28-13-18-7-8-19(11-21(18)27-28)31-15-17-5-6-17/h7-13,16-17H,5-6,14-15H2,1-4H3,(H,26,29)/t16-/m0/s1. The van der Waals surface area contributed by atoms with Crippen LogP contribution in [0.5, 0.6) is 11.5 Å². The van der Waals surface area contributed by atoms with Crippen LogP contribution in [0.3, 0.4) is 0 Å². The molecule has 2 heterocycles. The number of rotatable bonds is 8. The average molecular weight is 439 g/mol. The number of ether oxygens (including phenoxy) is 3. The molecule has 2 aromatic heterocycles. The molecule has 0 saturated heterocycles. The van der Waals surface area contributed by atoms with Gasteiger partial charge < -0.3 is 19.5 Å². The lowest BCUT2D eigenvalue weighted by Crippen LogP contribution is -2.40. The summed E-state index contributed by atoms with van der Waals surface area (Å²) in [4.78, 5) is 16.3. The Morgan fingerprint density at radius 1 is 1.19 bits per heavy atom. The SMILES string of the molecule is C[C@@H](COc1ccc(-n2cc3ccc(OCC4CC4)cc3n2)nc1)NC(=O)OC(C)(C)C. The Kier molecular flexibility index (Phi) is 6.21. The number of nitrogens with zero attached hydrogens (tertiary/aromatic N) is 3. The summed E-state index contributed by atoms with van der Waals surface area (Å²) >= 11 is 0. The molecule has 1 aromatic carbocycles. The molecule has 0 unspecified atom stereocenters. The highest BCUT2D eigenvalue weighted by Gasteiger charge is 2.22. The van der Waals surface area contributed by atoms with E-state index < -0.39 is 11.7 Å². The first-order chi connectivity index (χ1) is 15.2. The van der Waals surface area contributed by atoms with Crippen LogP contribution in [-0.2, 0) is 4.74 Å². The monoisotopic (exact) mass is 438 g/mol. The van der Waals surface area contributed by atoms with Crippen molar-refractivity contribution in [1.82, 2.24) is 20.1 Å². The number of nitrogens with one attached hydrogen (secondary N) is 1. The van der Waals surface area contributed by atoms with Gasteiger partial charge in [-0.3, -0.25) is 0 Å². The number of aromatic nitrogens is 3. The average Bonchev–Trinajstić information content (AvgIpc) is 3.46. The van der Waals surface area contributed by atoms with E-state index in [9.17, 15) is 4.79 Å². The Hall–Kier alpha value is -3.29. The van der Waals surface area contributed by atoms with Gasteiger partial charge in [-0.2, -0.15) is 5.10 Å². The first kappa shape index (κ1) is 21.9. The summed E-state index contributed by atoms with van der Waals surface area (Å²) in [6.07, 6.45) is 5.65. The zero-order chi connectivity index (χ0) is 22.7. The Morgan fingerprint density at radius 2 is 1.97 bits per heavy atom. The van der Waals surface area contributed by atoms with E-state index in [1.807, 2.05) is 64.2 Å². The summed E-state index contributed by atoms with van der Waals surface area (Å²) in [6, 6.07) is 9.42. The lowest BCUT2D eigenvalue weighted by molar-refractivity contribution is 0.0494. The zero-order valence-corrected chi connectivity index (χ0v) is 19.0. The van der Waals surface area contributed by atoms with E-state index in [0.29, 0.717) is 24.1 Å². The lowest BCUT2D eigenvalue weighted by Gasteiger charge is -2.22. The summed E-state index contributed by atoms with van der Waals surface area (Å²) < 4.78 is 18.6. The predicted molar refractivity (Wildman–Crippen MR) is 121 cm³/mol. The molecule has 1 fully saturated rings. The molecule has 0 bridgehead atoms. The minimum Gasteiger partial charge on any atom is -0.493 e. The van der Waals surface area contributed by atoms with Gasteiger partial charge in [-0.05, 0) is 70.7 Å². The van der Waals surface area contributed by atoms with Gasteiger partial charge in [0.05, 0.1) is 24.4 Å². The van der Waals surface area contributed by atoms with Crippen molar-refractivity contribution in [2.45, 2.75) is 52.2 Å². The van der Waals surface area contributed by atoms with Gasteiger partial charge in [0.2, 0.25) is 0 Å². The van der Waals surface area contributed by atoms with Gasteiger partial charge in [-0.25, -0.2) is 14.5 Å². The van der Waals surface area contributed by atoms with Gasteiger partial charge in [0.1, 0.15) is 23.7 Å². The topological polar surface area (TPSA) is 87.5 Å². The van der Waals surface area contributed by atoms with Crippen molar-refractivity contribution in [2.75, 3.05) is 13.2 Å². The van der Waals surface area contributed by atoms with E-state index in [1.165, 1.54) is 12.8 Å². The Morgan fingerprint density at radius 3 is 2.66 bits per heavy atom. The fourth-order valence-electron chi connectivity index (χ4n) is 3.07. The van der Waals surface area contributed by atoms with Crippen LogP contribution in [0.2, 0.25) is 0 Å². The second-order valence-corrected chi connectivity index (χ2v) is 9.26. The molecular weight excluding hydrogens is 408 g/mol. The van der Waals surface area contributed by atoms with Crippen LogP contribution in [0.15, 0.2) is 42.7 Å².